The van der Waals surface area contributed by atoms with Crippen LogP contribution < -0.4 is 4.74 Å². The highest BCUT2D eigenvalue weighted by atomic mass is 19.1. The number of aryl methyl sites for hydroxylation is 2. The minimum atomic E-state index is -0.302. The maximum atomic E-state index is 13.3. The highest BCUT2D eigenvalue weighted by Crippen LogP contribution is 2.22. The Morgan fingerprint density at radius 1 is 0.900 bits per heavy atom. The van der Waals surface area contributed by atoms with Crippen molar-refractivity contribution in [3.8, 4) is 5.75 Å². The molecule has 0 unspecified atom stereocenters. The predicted octanol–water partition coefficient (Wildman–Crippen LogP) is 3.73. The Balaban J connectivity index is 2.07. The molecule has 0 aliphatic carbocycles. The van der Waals surface area contributed by atoms with Gasteiger partial charge in [0.25, 0.3) is 0 Å². The first-order valence-electron chi connectivity index (χ1n) is 6.33. The van der Waals surface area contributed by atoms with Gasteiger partial charge in [0.05, 0.1) is 0 Å². The first-order valence-corrected chi connectivity index (χ1v) is 6.33. The first kappa shape index (κ1) is 14.5. The third-order valence-electron chi connectivity index (χ3n) is 2.95. The summed E-state index contributed by atoms with van der Waals surface area (Å²) in [7, 11) is 1.53. The van der Waals surface area contributed by atoms with E-state index in [9.17, 15) is 8.78 Å². The quantitative estimate of drug-likeness (QED) is 0.750. The van der Waals surface area contributed by atoms with Crippen molar-refractivity contribution < 1.29 is 18.3 Å². The van der Waals surface area contributed by atoms with E-state index in [1.807, 2.05) is 0 Å². The van der Waals surface area contributed by atoms with Gasteiger partial charge in [-0.2, -0.15) is 0 Å². The molecule has 2 nitrogen and oxygen atoms in total. The molecule has 0 saturated heterocycles. The lowest BCUT2D eigenvalue weighted by atomic mass is 10.0. The molecule has 4 heteroatoms. The summed E-state index contributed by atoms with van der Waals surface area (Å²) in [5, 5.41) is 0. The Morgan fingerprint density at radius 2 is 1.60 bits per heavy atom. The van der Waals surface area contributed by atoms with E-state index in [-0.39, 0.29) is 18.4 Å². The number of methoxy groups -OCH3 is 1. The molecule has 0 fully saturated rings. The van der Waals surface area contributed by atoms with E-state index in [1.165, 1.54) is 31.4 Å². The highest BCUT2D eigenvalue weighted by molar-refractivity contribution is 5.35. The van der Waals surface area contributed by atoms with Crippen molar-refractivity contribution in [3.05, 3.63) is 65.2 Å². The summed E-state index contributed by atoms with van der Waals surface area (Å²) in [4.78, 5) is 0. The summed E-state index contributed by atoms with van der Waals surface area (Å²) < 4.78 is 36.4. The van der Waals surface area contributed by atoms with Gasteiger partial charge in [-0.1, -0.05) is 12.1 Å². The van der Waals surface area contributed by atoms with E-state index in [4.69, 9.17) is 9.47 Å². The summed E-state index contributed by atoms with van der Waals surface area (Å²) in [5.41, 5.74) is 1.76. The van der Waals surface area contributed by atoms with Crippen LogP contribution in [0.3, 0.4) is 0 Å². The minimum absolute atomic E-state index is 0.120. The van der Waals surface area contributed by atoms with Crippen LogP contribution in [0.15, 0.2) is 42.5 Å². The molecule has 0 aliphatic heterocycles. The number of halogens is 2. The van der Waals surface area contributed by atoms with Crippen LogP contribution in [0, 0.1) is 11.6 Å². The Morgan fingerprint density at radius 3 is 2.30 bits per heavy atom. The molecule has 2 aromatic carbocycles. The largest absolute Gasteiger partial charge is 0.467 e. The fourth-order valence-electron chi connectivity index (χ4n) is 1.94. The molecule has 0 amide bonds. The Hall–Kier alpha value is -1.94. The second kappa shape index (κ2) is 7.01. The van der Waals surface area contributed by atoms with E-state index in [0.29, 0.717) is 18.6 Å². The fourth-order valence-corrected chi connectivity index (χ4v) is 1.94. The van der Waals surface area contributed by atoms with Gasteiger partial charge in [0, 0.05) is 7.11 Å². The molecule has 0 saturated carbocycles. The van der Waals surface area contributed by atoms with Crippen LogP contribution in [-0.4, -0.2) is 13.9 Å². The van der Waals surface area contributed by atoms with Crippen molar-refractivity contribution in [1.82, 2.24) is 0 Å². The Bertz CT molecular complexity index is 553. The van der Waals surface area contributed by atoms with Crippen molar-refractivity contribution in [3.63, 3.8) is 0 Å². The van der Waals surface area contributed by atoms with E-state index in [1.54, 1.807) is 18.2 Å². The summed E-state index contributed by atoms with van der Waals surface area (Å²) in [6, 6.07) is 10.7. The minimum Gasteiger partial charge on any atom is -0.467 e. The molecular formula is C16H16F2O2. The van der Waals surface area contributed by atoms with Gasteiger partial charge in [0.1, 0.15) is 17.4 Å². The van der Waals surface area contributed by atoms with Crippen LogP contribution in [-0.2, 0) is 17.6 Å². The van der Waals surface area contributed by atoms with Gasteiger partial charge in [-0.3, -0.25) is 0 Å². The molecular weight excluding hydrogens is 262 g/mol. The average Bonchev–Trinajstić information content (AvgIpc) is 2.46. The molecule has 0 heterocycles. The van der Waals surface area contributed by atoms with Gasteiger partial charge < -0.3 is 9.47 Å². The van der Waals surface area contributed by atoms with E-state index < -0.39 is 0 Å². The number of ether oxygens (including phenoxy) is 2. The molecule has 0 spiro atoms. The molecule has 0 aromatic heterocycles. The second-order valence-corrected chi connectivity index (χ2v) is 4.43. The van der Waals surface area contributed by atoms with Crippen LogP contribution in [0.1, 0.15) is 11.1 Å². The summed E-state index contributed by atoms with van der Waals surface area (Å²) in [6.07, 6.45) is 1.30. The van der Waals surface area contributed by atoms with Crippen molar-refractivity contribution in [2.75, 3.05) is 13.9 Å². The van der Waals surface area contributed by atoms with Crippen molar-refractivity contribution in [2.45, 2.75) is 12.8 Å². The third-order valence-corrected chi connectivity index (χ3v) is 2.95. The van der Waals surface area contributed by atoms with E-state index in [2.05, 4.69) is 0 Å². The maximum absolute atomic E-state index is 13.3. The lowest BCUT2D eigenvalue weighted by Gasteiger charge is -2.11. The molecule has 0 atom stereocenters. The van der Waals surface area contributed by atoms with Gasteiger partial charge in [-0.25, -0.2) is 8.78 Å². The van der Waals surface area contributed by atoms with Crippen molar-refractivity contribution in [1.29, 1.82) is 0 Å². The third kappa shape index (κ3) is 4.03. The number of hydrogen-bond donors (Lipinski definition) is 0. The number of hydrogen-bond acceptors (Lipinski definition) is 2. The highest BCUT2D eigenvalue weighted by Gasteiger charge is 2.06. The predicted molar refractivity (Wildman–Crippen MR) is 72.7 cm³/mol. The number of benzene rings is 2. The Labute approximate surface area is 117 Å². The SMILES string of the molecule is COCOc1ccc(F)cc1CCc1ccc(F)cc1. The van der Waals surface area contributed by atoms with Crippen LogP contribution >= 0.6 is 0 Å². The first-order chi connectivity index (χ1) is 9.69. The maximum Gasteiger partial charge on any atom is 0.188 e. The monoisotopic (exact) mass is 278 g/mol. The second-order valence-electron chi connectivity index (χ2n) is 4.43. The molecule has 20 heavy (non-hydrogen) atoms. The standard InChI is InChI=1S/C16H16F2O2/c1-19-11-20-16-9-8-15(18)10-13(16)5-2-12-3-6-14(17)7-4-12/h3-4,6-10H,2,5,11H2,1H3. The van der Waals surface area contributed by atoms with Crippen LogP contribution in [0.25, 0.3) is 0 Å². The normalized spacial score (nSPS) is 10.6. The van der Waals surface area contributed by atoms with Gasteiger partial charge in [0.2, 0.25) is 0 Å². The fraction of sp³-hybridized carbons (Fsp3) is 0.250. The summed E-state index contributed by atoms with van der Waals surface area (Å²) >= 11 is 0. The van der Waals surface area contributed by atoms with Gasteiger partial charge in [-0.15, -0.1) is 0 Å². The van der Waals surface area contributed by atoms with Crippen LogP contribution in [0.2, 0.25) is 0 Å². The lowest BCUT2D eigenvalue weighted by Crippen LogP contribution is -2.03. The van der Waals surface area contributed by atoms with Gasteiger partial charge in [-0.05, 0) is 54.3 Å². The van der Waals surface area contributed by atoms with Gasteiger partial charge >= 0.3 is 0 Å². The van der Waals surface area contributed by atoms with Gasteiger partial charge in [0.15, 0.2) is 6.79 Å². The summed E-state index contributed by atoms with van der Waals surface area (Å²) in [6.45, 7) is 0.120. The number of rotatable bonds is 6. The summed E-state index contributed by atoms with van der Waals surface area (Å²) in [5.74, 6) is 0.0443. The molecule has 0 radical (unpaired) electrons. The Kier molecular flexibility index (Phi) is 5.07. The topological polar surface area (TPSA) is 18.5 Å². The van der Waals surface area contributed by atoms with Crippen molar-refractivity contribution >= 4 is 0 Å². The molecule has 0 aliphatic rings. The zero-order chi connectivity index (χ0) is 14.4. The lowest BCUT2D eigenvalue weighted by molar-refractivity contribution is 0.0503. The average molecular weight is 278 g/mol. The van der Waals surface area contributed by atoms with E-state index in [0.717, 1.165) is 11.1 Å². The zero-order valence-corrected chi connectivity index (χ0v) is 11.2. The van der Waals surface area contributed by atoms with E-state index >= 15 is 0 Å². The smallest absolute Gasteiger partial charge is 0.188 e. The van der Waals surface area contributed by atoms with Crippen molar-refractivity contribution in [2.24, 2.45) is 0 Å². The molecule has 2 rings (SSSR count). The zero-order valence-electron chi connectivity index (χ0n) is 11.2. The molecule has 106 valence electrons. The van der Waals surface area contributed by atoms with Crippen LogP contribution in [0.4, 0.5) is 8.78 Å². The van der Waals surface area contributed by atoms with Crippen LogP contribution in [0.5, 0.6) is 5.75 Å². The molecule has 0 bridgehead atoms. The molecule has 0 N–H and O–H groups in total. The molecule has 2 aromatic rings.